The number of hydrogen-bond acceptors (Lipinski definition) is 2. The van der Waals surface area contributed by atoms with Crippen molar-refractivity contribution in [3.8, 4) is 55.8 Å². The number of fused-ring (bicyclic) bond motifs is 5. The summed E-state index contributed by atoms with van der Waals surface area (Å²) in [6.07, 6.45) is 0. The van der Waals surface area contributed by atoms with E-state index in [1.165, 1.54) is 54.6 Å². The minimum atomic E-state index is 0.878. The summed E-state index contributed by atoms with van der Waals surface area (Å²) in [5.74, 6) is 0.878. The van der Waals surface area contributed by atoms with Gasteiger partial charge in [0.25, 0.3) is 0 Å². The Balaban J connectivity index is 0.930. The van der Waals surface area contributed by atoms with E-state index in [2.05, 4.69) is 248 Å². The minimum Gasteiger partial charge on any atom is -0.455 e. The Morgan fingerprint density at radius 3 is 1.58 bits per heavy atom. The largest absolute Gasteiger partial charge is 0.455 e. The molecule has 0 aliphatic carbocycles. The number of hydrogen-bond donors (Lipinski definition) is 0. The zero-order chi connectivity index (χ0) is 42.4. The van der Waals surface area contributed by atoms with Gasteiger partial charge in [0.2, 0.25) is 0 Å². The Morgan fingerprint density at radius 1 is 0.266 bits per heavy atom. The fourth-order valence-electron chi connectivity index (χ4n) is 9.52. The second kappa shape index (κ2) is 15.8. The SMILES string of the molecule is c1ccc(-c2c(-c3cccc(-c4ccc(N(c5ccc(-c6ccc7c(ccc8ccccc87)c6)cc5)c5cccc(-c6cccc7ccccc67)c5)cc4)c3)oc3ccccc23)cc1. The van der Waals surface area contributed by atoms with Crippen LogP contribution in [-0.2, 0) is 0 Å². The van der Waals surface area contributed by atoms with E-state index >= 15 is 0 Å². The third kappa shape index (κ3) is 6.70. The summed E-state index contributed by atoms with van der Waals surface area (Å²) >= 11 is 0. The molecule has 0 saturated carbocycles. The Kier molecular flexibility index (Phi) is 9.20. The Morgan fingerprint density at radius 2 is 0.797 bits per heavy atom. The number of nitrogens with zero attached hydrogens (tertiary/aromatic N) is 1. The molecule has 0 saturated heterocycles. The highest BCUT2D eigenvalue weighted by molar-refractivity contribution is 6.08. The van der Waals surface area contributed by atoms with Crippen LogP contribution in [0.1, 0.15) is 0 Å². The van der Waals surface area contributed by atoms with Gasteiger partial charge in [-0.15, -0.1) is 0 Å². The summed E-state index contributed by atoms with van der Waals surface area (Å²) in [6.45, 7) is 0. The molecular weight excluding hydrogens is 775 g/mol. The second-order valence-corrected chi connectivity index (χ2v) is 16.5. The molecule has 64 heavy (non-hydrogen) atoms. The van der Waals surface area contributed by atoms with E-state index in [0.717, 1.165) is 61.6 Å². The van der Waals surface area contributed by atoms with Crippen LogP contribution in [0.3, 0.4) is 0 Å². The molecule has 1 aromatic heterocycles. The molecule has 11 aromatic carbocycles. The standard InChI is InChI=1S/C62H41NO/c1-2-15-46(16-3-1)61-59-24-8-9-26-60(59)64-62(61)51-20-10-18-47(40-51)42-29-34-52(35-30-42)63(54-21-11-19-49(41-54)57-25-12-17-44-13-4-6-22-55(44)57)53-36-31-43(32-37-53)48-33-38-58-50(39-48)28-27-45-14-5-7-23-56(45)58/h1-41H. The van der Waals surface area contributed by atoms with Crippen LogP contribution >= 0.6 is 0 Å². The van der Waals surface area contributed by atoms with Crippen LogP contribution in [-0.4, -0.2) is 0 Å². The molecule has 0 atom stereocenters. The highest BCUT2D eigenvalue weighted by Gasteiger charge is 2.19. The molecule has 0 aliphatic rings. The van der Waals surface area contributed by atoms with Crippen LogP contribution in [0.4, 0.5) is 17.1 Å². The molecule has 0 N–H and O–H groups in total. The maximum Gasteiger partial charge on any atom is 0.143 e. The molecule has 300 valence electrons. The molecule has 12 aromatic rings. The van der Waals surface area contributed by atoms with Crippen LogP contribution in [0.5, 0.6) is 0 Å². The lowest BCUT2D eigenvalue weighted by Gasteiger charge is -2.26. The third-order valence-corrected chi connectivity index (χ3v) is 12.7. The van der Waals surface area contributed by atoms with Crippen molar-refractivity contribution in [3.63, 3.8) is 0 Å². The van der Waals surface area contributed by atoms with Crippen LogP contribution < -0.4 is 4.90 Å². The monoisotopic (exact) mass is 815 g/mol. The summed E-state index contributed by atoms with van der Waals surface area (Å²) in [4.78, 5) is 2.37. The number of furan rings is 1. The molecule has 2 nitrogen and oxygen atoms in total. The van der Waals surface area contributed by atoms with Gasteiger partial charge in [-0.3, -0.25) is 0 Å². The maximum absolute atomic E-state index is 6.61. The van der Waals surface area contributed by atoms with Crippen molar-refractivity contribution in [3.05, 3.63) is 249 Å². The molecule has 0 fully saturated rings. The van der Waals surface area contributed by atoms with Crippen LogP contribution in [0.15, 0.2) is 253 Å². The summed E-state index contributed by atoms with van der Waals surface area (Å²) < 4.78 is 6.61. The number of benzene rings is 11. The van der Waals surface area contributed by atoms with Gasteiger partial charge in [-0.25, -0.2) is 0 Å². The molecule has 0 aliphatic heterocycles. The van der Waals surface area contributed by atoms with Crippen LogP contribution in [0, 0.1) is 0 Å². The van der Waals surface area contributed by atoms with Crippen molar-refractivity contribution in [2.24, 2.45) is 0 Å². The van der Waals surface area contributed by atoms with Gasteiger partial charge in [0.1, 0.15) is 11.3 Å². The zero-order valence-corrected chi connectivity index (χ0v) is 35.0. The molecule has 12 rings (SSSR count). The summed E-state index contributed by atoms with van der Waals surface area (Å²) in [6, 6.07) is 89.5. The topological polar surface area (TPSA) is 16.4 Å². The molecule has 0 spiro atoms. The molecular formula is C62H41NO. The first kappa shape index (κ1) is 37.3. The van der Waals surface area contributed by atoms with Crippen molar-refractivity contribution in [1.29, 1.82) is 0 Å². The van der Waals surface area contributed by atoms with E-state index in [9.17, 15) is 0 Å². The van der Waals surface area contributed by atoms with E-state index < -0.39 is 0 Å². The molecule has 0 bridgehead atoms. The highest BCUT2D eigenvalue weighted by Crippen LogP contribution is 2.43. The average Bonchev–Trinajstić information content (AvgIpc) is 3.77. The minimum absolute atomic E-state index is 0.878. The van der Waals surface area contributed by atoms with Crippen molar-refractivity contribution < 1.29 is 4.42 Å². The summed E-state index contributed by atoms with van der Waals surface area (Å²) in [5.41, 5.74) is 14.5. The predicted molar refractivity (Wildman–Crippen MR) is 271 cm³/mol. The van der Waals surface area contributed by atoms with Crippen molar-refractivity contribution in [2.45, 2.75) is 0 Å². The summed E-state index contributed by atoms with van der Waals surface area (Å²) in [7, 11) is 0. The van der Waals surface area contributed by atoms with Crippen LogP contribution in [0.2, 0.25) is 0 Å². The normalized spacial score (nSPS) is 11.4. The van der Waals surface area contributed by atoms with Gasteiger partial charge in [-0.05, 0) is 126 Å². The fraction of sp³-hybridized carbons (Fsp3) is 0. The van der Waals surface area contributed by atoms with E-state index in [-0.39, 0.29) is 0 Å². The number of para-hydroxylation sites is 1. The molecule has 1 heterocycles. The zero-order valence-electron chi connectivity index (χ0n) is 35.0. The van der Waals surface area contributed by atoms with Crippen molar-refractivity contribution in [1.82, 2.24) is 0 Å². The number of rotatable bonds is 8. The predicted octanol–water partition coefficient (Wildman–Crippen LogP) is 17.7. The van der Waals surface area contributed by atoms with Crippen molar-refractivity contribution in [2.75, 3.05) is 4.90 Å². The van der Waals surface area contributed by atoms with E-state index in [0.29, 0.717) is 0 Å². The lowest BCUT2D eigenvalue weighted by Crippen LogP contribution is -2.10. The lowest BCUT2D eigenvalue weighted by atomic mass is 9.96. The average molecular weight is 816 g/mol. The lowest BCUT2D eigenvalue weighted by molar-refractivity contribution is 0.632. The Labute approximate surface area is 372 Å². The summed E-state index contributed by atoms with van der Waals surface area (Å²) in [5, 5.41) is 8.65. The molecule has 0 radical (unpaired) electrons. The quantitative estimate of drug-likeness (QED) is 0.142. The smallest absolute Gasteiger partial charge is 0.143 e. The van der Waals surface area contributed by atoms with Gasteiger partial charge >= 0.3 is 0 Å². The second-order valence-electron chi connectivity index (χ2n) is 16.5. The van der Waals surface area contributed by atoms with E-state index in [4.69, 9.17) is 4.42 Å². The third-order valence-electron chi connectivity index (χ3n) is 12.7. The first-order valence-electron chi connectivity index (χ1n) is 21.9. The molecule has 2 heteroatoms. The van der Waals surface area contributed by atoms with Gasteiger partial charge in [-0.1, -0.05) is 194 Å². The first-order chi connectivity index (χ1) is 31.7. The van der Waals surface area contributed by atoms with Gasteiger partial charge in [0.15, 0.2) is 0 Å². The van der Waals surface area contributed by atoms with Gasteiger partial charge in [0, 0.05) is 33.6 Å². The number of anilines is 3. The first-order valence-corrected chi connectivity index (χ1v) is 21.9. The van der Waals surface area contributed by atoms with E-state index in [1.54, 1.807) is 0 Å². The fourth-order valence-corrected chi connectivity index (χ4v) is 9.52. The van der Waals surface area contributed by atoms with Crippen molar-refractivity contribution >= 4 is 60.3 Å². The maximum atomic E-state index is 6.61. The van der Waals surface area contributed by atoms with E-state index in [1.807, 2.05) is 6.07 Å². The van der Waals surface area contributed by atoms with Gasteiger partial charge < -0.3 is 9.32 Å². The van der Waals surface area contributed by atoms with Gasteiger partial charge in [0.05, 0.1) is 0 Å². The Hall–Kier alpha value is -8.46. The molecule has 0 unspecified atom stereocenters. The van der Waals surface area contributed by atoms with Gasteiger partial charge in [-0.2, -0.15) is 0 Å². The molecule has 0 amide bonds. The Bertz CT molecular complexity index is 3650. The highest BCUT2D eigenvalue weighted by atomic mass is 16.3. The van der Waals surface area contributed by atoms with Crippen LogP contribution in [0.25, 0.3) is 99.1 Å².